The minimum atomic E-state index is -1.20. The highest BCUT2D eigenvalue weighted by Gasteiger charge is 2.16. The molecular formula is C15H14FN7O3S. The summed E-state index contributed by atoms with van der Waals surface area (Å²) in [4.78, 5) is 20.0. The lowest BCUT2D eigenvalue weighted by Gasteiger charge is -2.07. The molecule has 1 amide bonds. The maximum Gasteiger partial charge on any atom is 0.410 e. The molecule has 0 aliphatic heterocycles. The zero-order valence-electron chi connectivity index (χ0n) is 14.2. The van der Waals surface area contributed by atoms with Gasteiger partial charge in [0.25, 0.3) is 0 Å². The summed E-state index contributed by atoms with van der Waals surface area (Å²) in [6.45, 7) is 1.64. The molecule has 0 saturated carbocycles. The number of aryl methyl sites for hydroxylation is 2. The minimum Gasteiger partial charge on any atom is -0.465 e. The van der Waals surface area contributed by atoms with Crippen LogP contribution in [0.5, 0.6) is 0 Å². The number of thiazole rings is 1. The second kappa shape index (κ2) is 7.86. The van der Waals surface area contributed by atoms with Gasteiger partial charge in [-0.05, 0) is 41.1 Å². The van der Waals surface area contributed by atoms with Crippen LogP contribution < -0.4 is 5.32 Å². The molecule has 2 aromatic heterocycles. The summed E-state index contributed by atoms with van der Waals surface area (Å²) < 4.78 is 15.0. The number of anilines is 1. The van der Waals surface area contributed by atoms with Crippen LogP contribution in [0, 0.1) is 12.7 Å². The number of oxime groups is 1. The number of rotatable bonds is 6. The van der Waals surface area contributed by atoms with E-state index < -0.39 is 6.09 Å². The normalized spacial score (nSPS) is 11.4. The first kappa shape index (κ1) is 18.4. The van der Waals surface area contributed by atoms with Crippen LogP contribution in [0.25, 0.3) is 0 Å². The second-order valence-electron chi connectivity index (χ2n) is 5.38. The lowest BCUT2D eigenvalue weighted by molar-refractivity contribution is 0.128. The van der Waals surface area contributed by atoms with Gasteiger partial charge in [-0.25, -0.2) is 18.9 Å². The van der Waals surface area contributed by atoms with Crippen molar-refractivity contribution in [3.05, 3.63) is 52.0 Å². The number of amides is 1. The molecule has 140 valence electrons. The van der Waals surface area contributed by atoms with Crippen LogP contribution in [-0.4, -0.2) is 42.1 Å². The molecule has 2 heterocycles. The fourth-order valence-electron chi connectivity index (χ4n) is 2.13. The van der Waals surface area contributed by atoms with Crippen molar-refractivity contribution < 1.29 is 19.1 Å². The summed E-state index contributed by atoms with van der Waals surface area (Å²) in [7, 11) is 1.64. The maximum absolute atomic E-state index is 13.6. The highest BCUT2D eigenvalue weighted by atomic mass is 32.1. The van der Waals surface area contributed by atoms with E-state index in [0.717, 1.165) is 11.3 Å². The molecule has 0 aliphatic carbocycles. The van der Waals surface area contributed by atoms with Crippen molar-refractivity contribution in [2.24, 2.45) is 12.2 Å². The van der Waals surface area contributed by atoms with Crippen LogP contribution >= 0.6 is 11.3 Å². The van der Waals surface area contributed by atoms with Crippen molar-refractivity contribution in [2.45, 2.75) is 13.5 Å². The van der Waals surface area contributed by atoms with Crippen LogP contribution in [0.2, 0.25) is 0 Å². The summed E-state index contributed by atoms with van der Waals surface area (Å²) >= 11 is 1.13. The molecule has 0 aliphatic rings. The van der Waals surface area contributed by atoms with Crippen molar-refractivity contribution in [3.63, 3.8) is 0 Å². The van der Waals surface area contributed by atoms with Crippen molar-refractivity contribution in [2.75, 3.05) is 5.32 Å². The van der Waals surface area contributed by atoms with E-state index in [2.05, 4.69) is 31.0 Å². The Morgan fingerprint density at radius 1 is 1.48 bits per heavy atom. The van der Waals surface area contributed by atoms with Crippen LogP contribution in [0.3, 0.4) is 0 Å². The maximum atomic E-state index is 13.6. The van der Waals surface area contributed by atoms with Crippen molar-refractivity contribution in [3.8, 4) is 0 Å². The number of tetrazole rings is 1. The van der Waals surface area contributed by atoms with E-state index in [4.69, 9.17) is 9.94 Å². The number of benzene rings is 1. The number of nitrogens with zero attached hydrogens (tertiary/aromatic N) is 6. The average molecular weight is 391 g/mol. The average Bonchev–Trinajstić information content (AvgIpc) is 3.23. The van der Waals surface area contributed by atoms with Crippen molar-refractivity contribution in [1.82, 2.24) is 25.2 Å². The largest absolute Gasteiger partial charge is 0.465 e. The fraction of sp³-hybridized carbons (Fsp3) is 0.200. The van der Waals surface area contributed by atoms with Gasteiger partial charge in [0.2, 0.25) is 5.82 Å². The topological polar surface area (TPSA) is 127 Å². The van der Waals surface area contributed by atoms with Crippen molar-refractivity contribution in [1.29, 1.82) is 0 Å². The van der Waals surface area contributed by atoms with E-state index in [-0.39, 0.29) is 17.6 Å². The first-order valence-corrected chi connectivity index (χ1v) is 8.45. The molecule has 27 heavy (non-hydrogen) atoms. The molecule has 3 rings (SSSR count). The molecule has 0 spiro atoms. The lowest BCUT2D eigenvalue weighted by Crippen LogP contribution is -2.12. The third-order valence-electron chi connectivity index (χ3n) is 3.40. The SMILES string of the molecule is Cc1cc(/C(=N\OCc2csc(NC(=O)O)n2)c2nnnn2C)ccc1F. The van der Waals surface area contributed by atoms with Gasteiger partial charge in [0.05, 0.1) is 5.69 Å². The molecule has 0 unspecified atom stereocenters. The molecule has 10 nitrogen and oxygen atoms in total. The standard InChI is InChI=1S/C15H14FN7O3S/c1-8-5-9(3-4-11(8)16)12(13-19-21-22-23(13)2)20-26-6-10-7-27-14(17-10)18-15(24)25/h3-5,7H,6H2,1-2H3,(H,17,18)(H,24,25)/b20-12+. The molecule has 0 bridgehead atoms. The van der Waals surface area contributed by atoms with Crippen LogP contribution in [0.4, 0.5) is 14.3 Å². The van der Waals surface area contributed by atoms with E-state index in [1.165, 1.54) is 10.7 Å². The number of aromatic nitrogens is 5. The van der Waals surface area contributed by atoms with Gasteiger partial charge in [-0.15, -0.1) is 16.4 Å². The molecule has 0 atom stereocenters. The van der Waals surface area contributed by atoms with Gasteiger partial charge in [0, 0.05) is 18.0 Å². The monoisotopic (exact) mass is 391 g/mol. The van der Waals surface area contributed by atoms with Gasteiger partial charge in [-0.1, -0.05) is 5.16 Å². The zero-order chi connectivity index (χ0) is 19.4. The third kappa shape index (κ3) is 4.41. The fourth-order valence-corrected chi connectivity index (χ4v) is 2.81. The van der Waals surface area contributed by atoms with Gasteiger partial charge >= 0.3 is 6.09 Å². The smallest absolute Gasteiger partial charge is 0.410 e. The van der Waals surface area contributed by atoms with Crippen LogP contribution in [0.15, 0.2) is 28.7 Å². The van der Waals surface area contributed by atoms with E-state index in [1.807, 2.05) is 0 Å². The number of halogens is 1. The van der Waals surface area contributed by atoms with Gasteiger partial charge in [0.1, 0.15) is 5.82 Å². The minimum absolute atomic E-state index is 0.00670. The predicted octanol–water partition coefficient (Wildman–Crippen LogP) is 2.17. The lowest BCUT2D eigenvalue weighted by atomic mass is 10.1. The quantitative estimate of drug-likeness (QED) is 0.487. The summed E-state index contributed by atoms with van der Waals surface area (Å²) in [5, 5.41) is 28.1. The van der Waals surface area contributed by atoms with E-state index in [1.54, 1.807) is 31.5 Å². The Balaban J connectivity index is 1.82. The predicted molar refractivity (Wildman–Crippen MR) is 94.1 cm³/mol. The first-order chi connectivity index (χ1) is 12.9. The number of carboxylic acid groups (broad SMARTS) is 1. The molecule has 3 aromatic rings. The third-order valence-corrected chi connectivity index (χ3v) is 4.20. The molecule has 0 radical (unpaired) electrons. The second-order valence-corrected chi connectivity index (χ2v) is 6.24. The number of nitrogens with one attached hydrogen (secondary N) is 1. The molecule has 12 heteroatoms. The molecule has 1 aromatic carbocycles. The van der Waals surface area contributed by atoms with Crippen molar-refractivity contribution >= 4 is 28.3 Å². The van der Waals surface area contributed by atoms with E-state index >= 15 is 0 Å². The number of hydrogen-bond donors (Lipinski definition) is 2. The summed E-state index contributed by atoms with van der Waals surface area (Å²) in [5.41, 5.74) is 1.85. The van der Waals surface area contributed by atoms with Gasteiger partial charge in [-0.2, -0.15) is 0 Å². The number of carbonyl (C=O) groups is 1. The number of hydrogen-bond acceptors (Lipinski definition) is 8. The highest BCUT2D eigenvalue weighted by molar-refractivity contribution is 7.13. The molecular weight excluding hydrogens is 377 g/mol. The summed E-state index contributed by atoms with van der Waals surface area (Å²) in [6, 6.07) is 4.50. The van der Waals surface area contributed by atoms with Crippen LogP contribution in [0.1, 0.15) is 22.6 Å². The Kier molecular flexibility index (Phi) is 5.35. The summed E-state index contributed by atoms with van der Waals surface area (Å²) in [6.07, 6.45) is -1.20. The Labute approximate surface area is 156 Å². The van der Waals surface area contributed by atoms with E-state index in [0.29, 0.717) is 28.4 Å². The first-order valence-electron chi connectivity index (χ1n) is 7.57. The van der Waals surface area contributed by atoms with E-state index in [9.17, 15) is 9.18 Å². The van der Waals surface area contributed by atoms with Gasteiger partial charge < -0.3 is 9.94 Å². The molecule has 2 N–H and O–H groups in total. The zero-order valence-corrected chi connectivity index (χ0v) is 15.1. The molecule has 0 saturated heterocycles. The Morgan fingerprint density at radius 2 is 2.30 bits per heavy atom. The van der Waals surface area contributed by atoms with Gasteiger partial charge in [0.15, 0.2) is 17.5 Å². The summed E-state index contributed by atoms with van der Waals surface area (Å²) in [5.74, 6) is 0.00330. The Bertz CT molecular complexity index is 1000. The Morgan fingerprint density at radius 3 is 2.96 bits per heavy atom. The Hall–Kier alpha value is -3.41. The van der Waals surface area contributed by atoms with Crippen LogP contribution in [-0.2, 0) is 18.5 Å². The highest BCUT2D eigenvalue weighted by Crippen LogP contribution is 2.17. The van der Waals surface area contributed by atoms with Gasteiger partial charge in [-0.3, -0.25) is 5.32 Å². The molecule has 0 fully saturated rings.